The number of nitrogens with zero attached hydrogens (tertiary/aromatic N) is 5. The average Bonchev–Trinajstić information content (AvgIpc) is 3.22. The molecular weight excluding hydrogens is 858 g/mol. The van der Waals surface area contributed by atoms with Gasteiger partial charge in [0.2, 0.25) is 11.8 Å². The van der Waals surface area contributed by atoms with E-state index in [1.54, 1.807) is 18.5 Å². The maximum atomic E-state index is 11.8. The number of anilines is 1. The van der Waals surface area contributed by atoms with Crippen molar-refractivity contribution in [1.29, 1.82) is 0 Å². The molecule has 15 heteroatoms. The lowest BCUT2D eigenvalue weighted by Gasteiger charge is -2.44. The van der Waals surface area contributed by atoms with Crippen LogP contribution in [0.25, 0.3) is 11.3 Å². The van der Waals surface area contributed by atoms with Gasteiger partial charge in [-0.15, -0.1) is 24.8 Å². The van der Waals surface area contributed by atoms with Crippen molar-refractivity contribution in [3.05, 3.63) is 119 Å². The minimum atomic E-state index is -2.68. The number of likely N-dealkylation sites (tertiary alicyclic amines) is 1. The van der Waals surface area contributed by atoms with Gasteiger partial charge in [-0.25, -0.2) is 15.0 Å². The van der Waals surface area contributed by atoms with E-state index < -0.39 is 8.32 Å². The molecule has 1 N–H and O–H groups in total. The summed E-state index contributed by atoms with van der Waals surface area (Å²) in [5.41, 5.74) is 2.52. The number of piperazine rings is 1. The van der Waals surface area contributed by atoms with Crippen molar-refractivity contribution in [2.75, 3.05) is 51.3 Å². The van der Waals surface area contributed by atoms with E-state index in [4.69, 9.17) is 52.1 Å². The first kappa shape index (κ1) is 47.3. The summed E-state index contributed by atoms with van der Waals surface area (Å²) < 4.78 is 18.5. The monoisotopic (exact) mass is 910 g/mol. The maximum absolute atomic E-state index is 11.8. The summed E-state index contributed by atoms with van der Waals surface area (Å²) >= 11 is 12.8. The molecular formula is C45H54Cl4N6O4Si. The van der Waals surface area contributed by atoms with E-state index in [2.05, 4.69) is 96.6 Å². The summed E-state index contributed by atoms with van der Waals surface area (Å²) in [7, 11) is -1.23. The Hall–Kier alpha value is -3.78. The maximum Gasteiger partial charge on any atom is 0.305 e. The molecule has 2 aliphatic heterocycles. The number of aromatic nitrogens is 3. The number of halogens is 4. The number of ether oxygens (including phenoxy) is 2. The molecule has 1 atom stereocenters. The van der Waals surface area contributed by atoms with Gasteiger partial charge in [0.25, 0.3) is 8.32 Å². The van der Waals surface area contributed by atoms with Crippen molar-refractivity contribution in [3.63, 3.8) is 0 Å². The van der Waals surface area contributed by atoms with Gasteiger partial charge in [0, 0.05) is 60.3 Å². The number of piperidine rings is 1. The summed E-state index contributed by atoms with van der Waals surface area (Å²) in [5.74, 6) is 1.72. The van der Waals surface area contributed by atoms with Gasteiger partial charge in [-0.1, -0.05) is 105 Å². The lowest BCUT2D eigenvalue weighted by atomic mass is 9.93. The number of methoxy groups -OCH3 is 1. The minimum Gasteiger partial charge on any atom is -0.469 e. The Labute approximate surface area is 377 Å². The van der Waals surface area contributed by atoms with Crippen molar-refractivity contribution >= 4 is 78.6 Å². The number of hydrogen-bond acceptors (Lipinski definition) is 10. The molecule has 4 heterocycles. The molecule has 320 valence electrons. The molecule has 0 bridgehead atoms. The predicted octanol–water partition coefficient (Wildman–Crippen LogP) is 8.61. The second-order valence-electron chi connectivity index (χ2n) is 16.2. The van der Waals surface area contributed by atoms with Crippen LogP contribution in [-0.2, 0) is 20.5 Å². The lowest BCUT2D eigenvalue weighted by molar-refractivity contribution is -0.142. The molecule has 0 amide bonds. The molecule has 2 saturated heterocycles. The van der Waals surface area contributed by atoms with E-state index in [0.717, 1.165) is 50.1 Å². The van der Waals surface area contributed by atoms with Gasteiger partial charge < -0.3 is 24.1 Å². The average molecular weight is 913 g/mol. The van der Waals surface area contributed by atoms with Crippen molar-refractivity contribution in [2.24, 2.45) is 5.92 Å². The lowest BCUT2D eigenvalue weighted by Crippen LogP contribution is -2.68. The summed E-state index contributed by atoms with van der Waals surface area (Å²) in [5, 5.41) is 7.16. The number of pyridine rings is 1. The van der Waals surface area contributed by atoms with Crippen LogP contribution in [0, 0.1) is 5.92 Å². The van der Waals surface area contributed by atoms with Crippen LogP contribution in [0.2, 0.25) is 15.1 Å². The Kier molecular flexibility index (Phi) is 16.8. The van der Waals surface area contributed by atoms with Gasteiger partial charge in [0.15, 0.2) is 5.75 Å². The highest BCUT2D eigenvalue weighted by molar-refractivity contribution is 6.99. The summed E-state index contributed by atoms with van der Waals surface area (Å²) in [6, 6.07) is 31.0. The molecule has 0 spiro atoms. The molecule has 0 saturated carbocycles. The number of hydrogen-bond donors (Lipinski definition) is 1. The van der Waals surface area contributed by atoms with Crippen molar-refractivity contribution in [2.45, 2.75) is 57.7 Å². The van der Waals surface area contributed by atoms with Gasteiger partial charge >= 0.3 is 5.97 Å². The third-order valence-electron chi connectivity index (χ3n) is 11.1. The summed E-state index contributed by atoms with van der Waals surface area (Å²) in [6.45, 7) is 12.2. The first-order chi connectivity index (χ1) is 28.0. The van der Waals surface area contributed by atoms with E-state index in [9.17, 15) is 4.79 Å². The number of carbonyl (C=O) groups excluding carboxylic acids is 1. The Morgan fingerprint density at radius 2 is 1.48 bits per heavy atom. The fraction of sp³-hybridized carbons (Fsp3) is 0.378. The zero-order valence-electron chi connectivity index (χ0n) is 34.5. The number of carbonyl (C=O) groups is 1. The SMILES string of the molecule is COC(=O)CC1CCN(Cc2cc(Oc3cnc(N4CCNC(CO[Si](c5ccccc5)(c5ccccc5)C(C)(C)C)C4)nc3)nc(-c3cc(Cl)cc(Cl)c3)c2)CC1.Cl.Cl. The molecule has 2 fully saturated rings. The number of esters is 1. The van der Waals surface area contributed by atoms with Crippen molar-refractivity contribution < 1.29 is 18.7 Å². The van der Waals surface area contributed by atoms with E-state index in [0.29, 0.717) is 65.4 Å². The Morgan fingerprint density at radius 3 is 2.07 bits per heavy atom. The van der Waals surface area contributed by atoms with Gasteiger partial charge in [-0.05, 0) is 77.1 Å². The molecule has 0 radical (unpaired) electrons. The zero-order valence-corrected chi connectivity index (χ0v) is 38.6. The van der Waals surface area contributed by atoms with Gasteiger partial charge in [-0.3, -0.25) is 9.69 Å². The van der Waals surface area contributed by atoms with Crippen LogP contribution < -0.4 is 25.3 Å². The third-order valence-corrected chi connectivity index (χ3v) is 16.6. The van der Waals surface area contributed by atoms with Crippen molar-refractivity contribution in [1.82, 2.24) is 25.2 Å². The minimum absolute atomic E-state index is 0. The van der Waals surface area contributed by atoms with Gasteiger partial charge in [0.1, 0.15) is 0 Å². The first-order valence-corrected chi connectivity index (χ1v) is 22.7. The van der Waals surface area contributed by atoms with Crippen LogP contribution in [-0.4, -0.2) is 86.6 Å². The summed E-state index contributed by atoms with van der Waals surface area (Å²) in [4.78, 5) is 30.8. The van der Waals surface area contributed by atoms with Crippen LogP contribution in [0.5, 0.6) is 11.6 Å². The van der Waals surface area contributed by atoms with Gasteiger partial charge in [-0.2, -0.15) is 0 Å². The molecule has 3 aromatic carbocycles. The molecule has 0 aliphatic carbocycles. The van der Waals surface area contributed by atoms with E-state index in [-0.39, 0.29) is 41.9 Å². The molecule has 60 heavy (non-hydrogen) atoms. The Morgan fingerprint density at radius 1 is 0.867 bits per heavy atom. The summed E-state index contributed by atoms with van der Waals surface area (Å²) in [6.07, 6.45) is 5.74. The normalized spacial score (nSPS) is 16.4. The van der Waals surface area contributed by atoms with Crippen LogP contribution in [0.15, 0.2) is 103 Å². The zero-order chi connectivity index (χ0) is 40.7. The van der Waals surface area contributed by atoms with E-state index in [1.165, 1.54) is 17.5 Å². The molecule has 2 aliphatic rings. The largest absolute Gasteiger partial charge is 0.469 e. The Bertz CT molecular complexity index is 2080. The van der Waals surface area contributed by atoms with Gasteiger partial charge in [0.05, 0.1) is 31.8 Å². The highest BCUT2D eigenvalue weighted by Gasteiger charge is 2.50. The fourth-order valence-corrected chi connectivity index (χ4v) is 13.4. The molecule has 2 aromatic heterocycles. The second kappa shape index (κ2) is 21.3. The molecule has 5 aromatic rings. The van der Waals surface area contributed by atoms with E-state index in [1.807, 2.05) is 24.3 Å². The van der Waals surface area contributed by atoms with Crippen molar-refractivity contribution in [3.8, 4) is 22.9 Å². The van der Waals surface area contributed by atoms with Crippen LogP contribution >= 0.6 is 48.0 Å². The number of nitrogens with one attached hydrogen (secondary N) is 1. The first-order valence-electron chi connectivity index (χ1n) is 20.0. The fourth-order valence-electron chi connectivity index (χ4n) is 8.23. The number of rotatable bonds is 13. The number of benzene rings is 3. The van der Waals surface area contributed by atoms with E-state index >= 15 is 0 Å². The second-order valence-corrected chi connectivity index (χ2v) is 21.4. The van der Waals surface area contributed by atoms with Crippen LogP contribution in [0.1, 0.15) is 45.6 Å². The predicted molar refractivity (Wildman–Crippen MR) is 249 cm³/mol. The molecule has 7 rings (SSSR count). The van der Waals surface area contributed by atoms with Crippen LogP contribution in [0.4, 0.5) is 5.95 Å². The third kappa shape index (κ3) is 11.6. The quantitative estimate of drug-likeness (QED) is 0.0914. The standard InChI is InChI=1S/C45H52Cl2N6O4Si.2ClH/c1-45(2,3)58(39-11-7-5-8-12-39,40-13-9-6-10-14-40)56-31-37-30-53(20-17-48-37)44-49-27-38(28-50-44)57-42-22-33(21-41(51-42)34-24-35(46)26-36(47)25-34)29-52-18-15-32(16-19-52)23-43(54)55-4;;/h5-14,21-22,24-28,32,37,48H,15-20,23,29-31H2,1-4H3;2*1H. The highest BCUT2D eigenvalue weighted by Crippen LogP contribution is 2.37. The topological polar surface area (TPSA) is 102 Å². The smallest absolute Gasteiger partial charge is 0.305 e. The highest BCUT2D eigenvalue weighted by atomic mass is 35.5. The Balaban J connectivity index is 0.00000341. The molecule has 10 nitrogen and oxygen atoms in total. The molecule has 1 unspecified atom stereocenters. The van der Waals surface area contributed by atoms with Crippen LogP contribution in [0.3, 0.4) is 0 Å².